The van der Waals surface area contributed by atoms with Gasteiger partial charge in [-0.3, -0.25) is 4.99 Å². The van der Waals surface area contributed by atoms with Crippen LogP contribution in [0.25, 0.3) is 0 Å². The fourth-order valence-corrected chi connectivity index (χ4v) is 5.14. The van der Waals surface area contributed by atoms with Gasteiger partial charge in [0.25, 0.3) is 0 Å². The van der Waals surface area contributed by atoms with Gasteiger partial charge in [0.1, 0.15) is 5.84 Å². The molecule has 2 aliphatic rings. The van der Waals surface area contributed by atoms with Gasteiger partial charge in [-0.1, -0.05) is 48.0 Å². The van der Waals surface area contributed by atoms with Gasteiger partial charge < -0.3 is 5.32 Å². The maximum Gasteiger partial charge on any atom is 0.108 e. The highest BCUT2D eigenvalue weighted by Gasteiger charge is 2.41. The van der Waals surface area contributed by atoms with Crippen molar-refractivity contribution in [3.63, 3.8) is 0 Å². The highest BCUT2D eigenvalue weighted by Crippen LogP contribution is 2.44. The van der Waals surface area contributed by atoms with Gasteiger partial charge in [-0.15, -0.1) is 0 Å². The number of hydrogen-bond donors (Lipinski definition) is 1. The van der Waals surface area contributed by atoms with Crippen molar-refractivity contribution in [1.29, 1.82) is 0 Å². The molecule has 2 heterocycles. The van der Waals surface area contributed by atoms with Crippen molar-refractivity contribution in [2.24, 2.45) is 10.4 Å². The Labute approximate surface area is 148 Å². The second-order valence-electron chi connectivity index (χ2n) is 7.01. The predicted octanol–water partition coefficient (Wildman–Crippen LogP) is 5.08. The number of benzene rings is 2. The van der Waals surface area contributed by atoms with E-state index in [1.165, 1.54) is 52.6 Å². The first kappa shape index (κ1) is 15.8. The number of aliphatic imine (C=N–C) groups is 1. The van der Waals surface area contributed by atoms with Crippen LogP contribution in [-0.2, 0) is 13.0 Å². The highest BCUT2D eigenvalue weighted by atomic mass is 32.2. The lowest BCUT2D eigenvalue weighted by molar-refractivity contribution is 0.377. The van der Waals surface area contributed by atoms with Crippen molar-refractivity contribution in [2.75, 3.05) is 16.8 Å². The van der Waals surface area contributed by atoms with Crippen LogP contribution in [0.2, 0.25) is 0 Å². The zero-order valence-corrected chi connectivity index (χ0v) is 15.0. The molecule has 1 spiro atoms. The number of amidine groups is 1. The second kappa shape index (κ2) is 6.64. The van der Waals surface area contributed by atoms with Crippen molar-refractivity contribution < 1.29 is 0 Å². The highest BCUT2D eigenvalue weighted by molar-refractivity contribution is 7.99. The summed E-state index contributed by atoms with van der Waals surface area (Å²) in [6.45, 7) is 2.91. The summed E-state index contributed by atoms with van der Waals surface area (Å²) in [7, 11) is 0. The van der Waals surface area contributed by atoms with Gasteiger partial charge in [0.2, 0.25) is 0 Å². The molecule has 0 bridgehead atoms. The van der Waals surface area contributed by atoms with Crippen molar-refractivity contribution in [1.82, 2.24) is 0 Å². The number of fused-ring (bicyclic) bond motifs is 1. The Morgan fingerprint density at radius 3 is 2.75 bits per heavy atom. The number of para-hydroxylation sites is 1. The molecule has 124 valence electrons. The molecule has 1 saturated heterocycles. The largest absolute Gasteiger partial charge is 0.343 e. The molecule has 3 heteroatoms. The van der Waals surface area contributed by atoms with E-state index in [1.807, 2.05) is 0 Å². The smallest absolute Gasteiger partial charge is 0.108 e. The van der Waals surface area contributed by atoms with Crippen LogP contribution in [-0.4, -0.2) is 17.3 Å². The third-order valence-corrected chi connectivity index (χ3v) is 6.24. The van der Waals surface area contributed by atoms with Gasteiger partial charge >= 0.3 is 0 Å². The van der Waals surface area contributed by atoms with E-state index in [0.29, 0.717) is 0 Å². The van der Waals surface area contributed by atoms with Gasteiger partial charge in [-0.2, -0.15) is 11.8 Å². The molecular formula is C21H24N2S. The molecule has 0 unspecified atom stereocenters. The van der Waals surface area contributed by atoms with E-state index in [0.717, 1.165) is 13.0 Å². The minimum absolute atomic E-state index is 0.212. The first-order valence-corrected chi connectivity index (χ1v) is 9.94. The van der Waals surface area contributed by atoms with Crippen LogP contribution in [0.1, 0.15) is 29.5 Å². The number of anilines is 1. The molecule has 0 aliphatic carbocycles. The minimum atomic E-state index is 0.212. The first-order valence-electron chi connectivity index (χ1n) is 8.78. The summed E-state index contributed by atoms with van der Waals surface area (Å²) in [5.41, 5.74) is 5.49. The summed E-state index contributed by atoms with van der Waals surface area (Å²) >= 11 is 2.08. The SMILES string of the molecule is Cc1cccc(CN=C2Nc3ccccc3CC23CCSCC3)c1. The van der Waals surface area contributed by atoms with Crippen LogP contribution in [0.5, 0.6) is 0 Å². The second-order valence-corrected chi connectivity index (χ2v) is 8.23. The quantitative estimate of drug-likeness (QED) is 0.827. The van der Waals surface area contributed by atoms with E-state index < -0.39 is 0 Å². The third kappa shape index (κ3) is 3.10. The Morgan fingerprint density at radius 2 is 1.92 bits per heavy atom. The van der Waals surface area contributed by atoms with E-state index in [-0.39, 0.29) is 5.41 Å². The normalized spacial score (nSPS) is 20.6. The molecule has 4 rings (SSSR count). The van der Waals surface area contributed by atoms with Crippen LogP contribution in [0.4, 0.5) is 5.69 Å². The third-order valence-electron chi connectivity index (χ3n) is 5.25. The van der Waals surface area contributed by atoms with Gasteiger partial charge in [-0.25, -0.2) is 0 Å². The zero-order chi connectivity index (χ0) is 16.4. The summed E-state index contributed by atoms with van der Waals surface area (Å²) in [6.07, 6.45) is 3.58. The predicted molar refractivity (Wildman–Crippen MR) is 105 cm³/mol. The number of nitrogens with zero attached hydrogens (tertiary/aromatic N) is 1. The van der Waals surface area contributed by atoms with Crippen molar-refractivity contribution in [3.8, 4) is 0 Å². The average molecular weight is 337 g/mol. The fourth-order valence-electron chi connectivity index (χ4n) is 3.87. The van der Waals surface area contributed by atoms with E-state index >= 15 is 0 Å². The fraction of sp³-hybridized carbons (Fsp3) is 0.381. The Balaban J connectivity index is 1.66. The molecule has 0 aromatic heterocycles. The summed E-state index contributed by atoms with van der Waals surface area (Å²) in [5, 5.41) is 3.68. The van der Waals surface area contributed by atoms with Crippen LogP contribution in [0.3, 0.4) is 0 Å². The van der Waals surface area contributed by atoms with Gasteiger partial charge in [0, 0.05) is 11.1 Å². The number of thioether (sulfide) groups is 1. The van der Waals surface area contributed by atoms with Gasteiger partial charge in [-0.05, 0) is 54.9 Å². The Kier molecular flexibility index (Phi) is 4.36. The summed E-state index contributed by atoms with van der Waals surface area (Å²) in [5.74, 6) is 3.70. The number of nitrogens with one attached hydrogen (secondary N) is 1. The Bertz CT molecular complexity index is 760. The molecule has 2 aliphatic heterocycles. The van der Waals surface area contributed by atoms with Crippen LogP contribution >= 0.6 is 11.8 Å². The average Bonchev–Trinajstić information content (AvgIpc) is 2.61. The minimum Gasteiger partial charge on any atom is -0.343 e. The van der Waals surface area contributed by atoms with E-state index in [2.05, 4.69) is 72.5 Å². The molecule has 0 radical (unpaired) electrons. The Morgan fingerprint density at radius 1 is 1.08 bits per heavy atom. The van der Waals surface area contributed by atoms with Crippen LogP contribution in [0, 0.1) is 12.3 Å². The standard InChI is InChI=1S/C21H24N2S/c1-16-5-4-6-17(13-16)15-22-20-21(9-11-24-12-10-21)14-18-7-2-3-8-19(18)23-20/h2-8,13H,9-12,14-15H2,1H3,(H,22,23). The molecule has 2 aromatic carbocycles. The van der Waals surface area contributed by atoms with Crippen molar-refractivity contribution in [3.05, 3.63) is 65.2 Å². The van der Waals surface area contributed by atoms with Gasteiger partial charge in [0.05, 0.1) is 6.54 Å². The maximum atomic E-state index is 5.07. The zero-order valence-electron chi connectivity index (χ0n) is 14.2. The molecule has 24 heavy (non-hydrogen) atoms. The molecule has 1 fully saturated rings. The number of hydrogen-bond acceptors (Lipinski definition) is 2. The summed E-state index contributed by atoms with van der Waals surface area (Å²) in [6, 6.07) is 17.4. The van der Waals surface area contributed by atoms with E-state index in [9.17, 15) is 0 Å². The molecule has 1 N–H and O–H groups in total. The number of rotatable bonds is 2. The maximum absolute atomic E-state index is 5.07. The molecule has 0 atom stereocenters. The van der Waals surface area contributed by atoms with Crippen LogP contribution in [0.15, 0.2) is 53.5 Å². The topological polar surface area (TPSA) is 24.4 Å². The summed E-state index contributed by atoms with van der Waals surface area (Å²) in [4.78, 5) is 5.07. The van der Waals surface area contributed by atoms with Crippen LogP contribution < -0.4 is 5.32 Å². The summed E-state index contributed by atoms with van der Waals surface area (Å²) < 4.78 is 0. The molecule has 0 amide bonds. The lowest BCUT2D eigenvalue weighted by Crippen LogP contribution is -2.44. The molecular weight excluding hydrogens is 312 g/mol. The lowest BCUT2D eigenvalue weighted by atomic mass is 9.73. The first-order chi connectivity index (χ1) is 11.8. The van der Waals surface area contributed by atoms with E-state index in [1.54, 1.807) is 0 Å². The monoisotopic (exact) mass is 336 g/mol. The van der Waals surface area contributed by atoms with Crippen molar-refractivity contribution >= 4 is 23.3 Å². The molecule has 2 nitrogen and oxygen atoms in total. The molecule has 0 saturated carbocycles. The number of aryl methyl sites for hydroxylation is 1. The van der Waals surface area contributed by atoms with Crippen molar-refractivity contribution in [2.45, 2.75) is 32.7 Å². The van der Waals surface area contributed by atoms with E-state index in [4.69, 9.17) is 4.99 Å². The molecule has 2 aromatic rings. The Hall–Kier alpha value is -1.74. The lowest BCUT2D eigenvalue weighted by Gasteiger charge is -2.42. The van der Waals surface area contributed by atoms with Gasteiger partial charge in [0.15, 0.2) is 0 Å².